The molecule has 0 bridgehead atoms. The van der Waals surface area contributed by atoms with E-state index in [1.165, 1.54) is 0 Å². The van der Waals surface area contributed by atoms with Crippen LogP contribution in [-0.2, 0) is 13.1 Å². The van der Waals surface area contributed by atoms with Gasteiger partial charge in [-0.1, -0.05) is 60.8 Å². The predicted octanol–water partition coefficient (Wildman–Crippen LogP) is 5.98. The van der Waals surface area contributed by atoms with E-state index in [1.807, 2.05) is 72.3 Å². The molecule has 1 aliphatic carbocycles. The third-order valence-electron chi connectivity index (χ3n) is 7.48. The molecule has 0 aliphatic heterocycles. The maximum Gasteiger partial charge on any atom is 0.253 e. The fourth-order valence-electron chi connectivity index (χ4n) is 5.58. The lowest BCUT2D eigenvalue weighted by atomic mass is 10.0. The number of fused-ring (bicyclic) bond motifs is 1. The second kappa shape index (κ2) is 10.6. The fourth-order valence-corrected chi connectivity index (χ4v) is 5.77. The minimum absolute atomic E-state index is 0.165. The first-order valence-electron chi connectivity index (χ1n) is 13.0. The third-order valence-corrected chi connectivity index (χ3v) is 7.85. The highest BCUT2D eigenvalue weighted by Crippen LogP contribution is 2.36. The highest BCUT2D eigenvalue weighted by atomic mass is 35.5. The molecular formula is C29H29ClN6O2. The maximum absolute atomic E-state index is 13.8. The first-order valence-corrected chi connectivity index (χ1v) is 13.4. The molecular weight excluding hydrogens is 500 g/mol. The van der Waals surface area contributed by atoms with E-state index in [9.17, 15) is 4.79 Å². The summed E-state index contributed by atoms with van der Waals surface area (Å²) in [5.41, 5.74) is 3.21. The van der Waals surface area contributed by atoms with Crippen molar-refractivity contribution in [2.45, 2.75) is 57.8 Å². The second-order valence-corrected chi connectivity index (χ2v) is 10.4. The molecule has 38 heavy (non-hydrogen) atoms. The van der Waals surface area contributed by atoms with E-state index < -0.39 is 6.04 Å². The van der Waals surface area contributed by atoms with Crippen LogP contribution >= 0.6 is 11.6 Å². The summed E-state index contributed by atoms with van der Waals surface area (Å²) in [5.74, 6) is 1.42. The molecule has 0 unspecified atom stereocenters. The Bertz CT molecular complexity index is 1600. The van der Waals surface area contributed by atoms with Crippen LogP contribution in [0.3, 0.4) is 0 Å². The number of nitrogens with zero attached hydrogens (tertiary/aromatic N) is 5. The van der Waals surface area contributed by atoms with Gasteiger partial charge in [-0.25, -0.2) is 4.68 Å². The van der Waals surface area contributed by atoms with Crippen LogP contribution in [0.25, 0.3) is 10.9 Å². The molecule has 1 saturated carbocycles. The van der Waals surface area contributed by atoms with Crippen LogP contribution in [0.2, 0.25) is 5.02 Å². The van der Waals surface area contributed by atoms with E-state index >= 15 is 0 Å². The summed E-state index contributed by atoms with van der Waals surface area (Å²) in [4.78, 5) is 19.1. The summed E-state index contributed by atoms with van der Waals surface area (Å²) in [7, 11) is 0. The Hall–Kier alpha value is -3.75. The zero-order valence-corrected chi connectivity index (χ0v) is 21.9. The third kappa shape index (κ3) is 4.77. The Morgan fingerprint density at radius 2 is 1.95 bits per heavy atom. The second-order valence-electron chi connectivity index (χ2n) is 9.99. The molecule has 6 rings (SSSR count). The number of halogens is 1. The van der Waals surface area contributed by atoms with E-state index in [0.717, 1.165) is 53.5 Å². The van der Waals surface area contributed by atoms with Crippen LogP contribution in [-0.4, -0.2) is 30.1 Å². The van der Waals surface area contributed by atoms with E-state index in [1.54, 1.807) is 6.26 Å². The molecule has 9 heteroatoms. The molecule has 3 aromatic heterocycles. The maximum atomic E-state index is 13.8. The Balaban J connectivity index is 1.55. The normalized spacial score (nSPS) is 15.0. The molecule has 5 aromatic rings. The topological polar surface area (TPSA) is 92.8 Å². The summed E-state index contributed by atoms with van der Waals surface area (Å²) >= 11 is 6.62. The van der Waals surface area contributed by atoms with Gasteiger partial charge in [0.05, 0.1) is 24.4 Å². The van der Waals surface area contributed by atoms with Gasteiger partial charge in [0, 0.05) is 17.1 Å². The van der Waals surface area contributed by atoms with E-state index in [2.05, 4.69) is 25.4 Å². The van der Waals surface area contributed by atoms with Crippen molar-refractivity contribution in [3.8, 4) is 0 Å². The quantitative estimate of drug-likeness (QED) is 0.266. The minimum atomic E-state index is -0.541. The lowest BCUT2D eigenvalue weighted by molar-refractivity contribution is 0.176. The first-order chi connectivity index (χ1) is 18.6. The van der Waals surface area contributed by atoms with Gasteiger partial charge in [-0.3, -0.25) is 9.69 Å². The molecule has 0 radical (unpaired) electrons. The van der Waals surface area contributed by atoms with Gasteiger partial charge in [0.2, 0.25) is 0 Å². The average Bonchev–Trinajstić information content (AvgIpc) is 3.70. The van der Waals surface area contributed by atoms with Crippen molar-refractivity contribution in [3.63, 3.8) is 0 Å². The van der Waals surface area contributed by atoms with Crippen LogP contribution in [0.5, 0.6) is 0 Å². The summed E-state index contributed by atoms with van der Waals surface area (Å²) in [6, 6.07) is 19.2. The molecule has 1 fully saturated rings. The van der Waals surface area contributed by atoms with Gasteiger partial charge in [0.1, 0.15) is 11.8 Å². The number of furan rings is 1. The zero-order valence-electron chi connectivity index (χ0n) is 21.2. The monoisotopic (exact) mass is 528 g/mol. The molecule has 0 saturated heterocycles. The number of pyridine rings is 1. The average molecular weight is 529 g/mol. The van der Waals surface area contributed by atoms with E-state index in [0.29, 0.717) is 29.5 Å². The summed E-state index contributed by atoms with van der Waals surface area (Å²) in [6.07, 6.45) is 5.97. The molecule has 8 nitrogen and oxygen atoms in total. The highest BCUT2D eigenvalue weighted by molar-refractivity contribution is 6.31. The Kier molecular flexibility index (Phi) is 6.82. The molecule has 194 valence electrons. The lowest BCUT2D eigenvalue weighted by Gasteiger charge is -2.31. The molecule has 2 aromatic carbocycles. The summed E-state index contributed by atoms with van der Waals surface area (Å²) in [5, 5.41) is 14.7. The number of H-pyrrole nitrogens is 1. The SMILES string of the molecule is Cc1cccc2cc([C@H](c3nnnn3C3CCCC3)N(Cc3ccco3)Cc3ccccc3Cl)c(=O)[nH]c12. The zero-order chi connectivity index (χ0) is 26.1. The van der Waals surface area contributed by atoms with Crippen molar-refractivity contribution >= 4 is 22.5 Å². The van der Waals surface area contributed by atoms with Crippen molar-refractivity contribution in [3.05, 3.63) is 111 Å². The number of tetrazole rings is 1. The first kappa shape index (κ1) is 24.6. The number of aryl methyl sites for hydroxylation is 1. The number of aromatic amines is 1. The van der Waals surface area contributed by atoms with Gasteiger partial charge < -0.3 is 9.40 Å². The van der Waals surface area contributed by atoms with Crippen molar-refractivity contribution < 1.29 is 4.42 Å². The summed E-state index contributed by atoms with van der Waals surface area (Å²) in [6.45, 7) is 2.90. The Morgan fingerprint density at radius 3 is 2.74 bits per heavy atom. The standard InChI is InChI=1S/C29H29ClN6O2/c1-19-8-6-10-20-16-24(29(37)31-26(19)20)27(28-32-33-34-36(28)22-11-3-4-12-22)35(18-23-13-7-15-38-23)17-21-9-2-5-14-25(21)30/h2,5-10,13-16,22,27H,3-4,11-12,17-18H2,1H3,(H,31,37)/t27-/m1/s1. The van der Waals surface area contributed by atoms with Crippen LogP contribution < -0.4 is 5.56 Å². The van der Waals surface area contributed by atoms with Crippen LogP contribution in [0, 0.1) is 6.92 Å². The van der Waals surface area contributed by atoms with Crippen molar-refractivity contribution in [1.29, 1.82) is 0 Å². The van der Waals surface area contributed by atoms with Crippen LogP contribution in [0.4, 0.5) is 0 Å². The molecule has 1 aliphatic rings. The van der Waals surface area contributed by atoms with Crippen molar-refractivity contribution in [2.75, 3.05) is 0 Å². The largest absolute Gasteiger partial charge is 0.468 e. The Labute approximate surface area is 225 Å². The van der Waals surface area contributed by atoms with Gasteiger partial charge in [0.25, 0.3) is 5.56 Å². The van der Waals surface area contributed by atoms with Gasteiger partial charge in [-0.15, -0.1) is 5.10 Å². The Morgan fingerprint density at radius 1 is 1.11 bits per heavy atom. The van der Waals surface area contributed by atoms with Gasteiger partial charge >= 0.3 is 0 Å². The number of para-hydroxylation sites is 1. The van der Waals surface area contributed by atoms with Crippen molar-refractivity contribution in [1.82, 2.24) is 30.1 Å². The highest BCUT2D eigenvalue weighted by Gasteiger charge is 2.34. The smallest absolute Gasteiger partial charge is 0.253 e. The number of benzene rings is 2. The van der Waals surface area contributed by atoms with E-state index in [-0.39, 0.29) is 11.6 Å². The number of nitrogens with one attached hydrogen (secondary N) is 1. The molecule has 1 N–H and O–H groups in total. The predicted molar refractivity (Wildman–Crippen MR) is 146 cm³/mol. The fraction of sp³-hybridized carbons (Fsp3) is 0.310. The number of rotatable bonds is 8. The van der Waals surface area contributed by atoms with Gasteiger partial charge in [0.15, 0.2) is 5.82 Å². The summed E-state index contributed by atoms with van der Waals surface area (Å²) < 4.78 is 7.69. The number of hydrogen-bond donors (Lipinski definition) is 1. The number of hydrogen-bond acceptors (Lipinski definition) is 6. The van der Waals surface area contributed by atoms with Gasteiger partial charge in [-0.05, 0) is 71.0 Å². The van der Waals surface area contributed by atoms with Crippen molar-refractivity contribution in [2.24, 2.45) is 0 Å². The van der Waals surface area contributed by atoms with Gasteiger partial charge in [-0.2, -0.15) is 0 Å². The minimum Gasteiger partial charge on any atom is -0.468 e. The lowest BCUT2D eigenvalue weighted by Crippen LogP contribution is -2.35. The molecule has 3 heterocycles. The van der Waals surface area contributed by atoms with Crippen LogP contribution in [0.15, 0.2) is 76.1 Å². The molecule has 0 spiro atoms. The molecule has 0 amide bonds. The number of aromatic nitrogens is 5. The molecule has 1 atom stereocenters. The van der Waals surface area contributed by atoms with E-state index in [4.69, 9.17) is 16.0 Å². The van der Waals surface area contributed by atoms with Crippen LogP contribution in [0.1, 0.15) is 66.0 Å².